The molecule has 0 spiro atoms. The van der Waals surface area contributed by atoms with E-state index in [9.17, 15) is 0 Å². The first kappa shape index (κ1) is 30.2. The van der Waals surface area contributed by atoms with E-state index in [2.05, 4.69) is 41.6 Å². The first-order valence-corrected chi connectivity index (χ1v) is 8.19. The molecule has 1 unspecified atom stereocenters. The van der Waals surface area contributed by atoms with Gasteiger partial charge in [-0.2, -0.15) is 0 Å². The summed E-state index contributed by atoms with van der Waals surface area (Å²) in [6, 6.07) is 0.497. The SMILES string of the molecule is C.C.C.CC.CCCN1CCN(C(C)/C=C(/C)N=C(C)C)CC1. The lowest BCUT2D eigenvalue weighted by Gasteiger charge is -2.37. The fourth-order valence-electron chi connectivity index (χ4n) is 2.55. The summed E-state index contributed by atoms with van der Waals surface area (Å²) >= 11 is 0. The normalized spacial score (nSPS) is 16.6. The van der Waals surface area contributed by atoms with Crippen molar-refractivity contribution in [2.24, 2.45) is 4.99 Å². The molecule has 0 aromatic carbocycles. The Labute approximate surface area is 148 Å². The molecule has 0 aromatic heterocycles. The molecule has 0 amide bonds. The van der Waals surface area contributed by atoms with Crippen LogP contribution in [0.5, 0.6) is 0 Å². The highest BCUT2D eigenvalue weighted by molar-refractivity contribution is 5.80. The largest absolute Gasteiger partial charge is 0.301 e. The van der Waals surface area contributed by atoms with E-state index in [-0.39, 0.29) is 22.3 Å². The van der Waals surface area contributed by atoms with E-state index in [1.54, 1.807) is 0 Å². The third-order valence-corrected chi connectivity index (χ3v) is 3.41. The lowest BCUT2D eigenvalue weighted by Crippen LogP contribution is -2.49. The second kappa shape index (κ2) is 17.7. The smallest absolute Gasteiger partial charge is 0.0347 e. The zero-order valence-electron chi connectivity index (χ0n) is 14.7. The number of nitrogens with zero attached hydrogens (tertiary/aromatic N) is 3. The van der Waals surface area contributed by atoms with Crippen molar-refractivity contribution < 1.29 is 0 Å². The first-order valence-electron chi connectivity index (χ1n) is 8.19. The van der Waals surface area contributed by atoms with Crippen molar-refractivity contribution in [3.8, 4) is 0 Å². The molecule has 0 radical (unpaired) electrons. The zero-order chi connectivity index (χ0) is 15.5. The van der Waals surface area contributed by atoms with Gasteiger partial charge in [0, 0.05) is 43.6 Å². The Morgan fingerprint density at radius 1 is 1.00 bits per heavy atom. The summed E-state index contributed by atoms with van der Waals surface area (Å²) in [5, 5.41) is 0. The Morgan fingerprint density at radius 3 is 1.87 bits per heavy atom. The molecule has 0 aliphatic carbocycles. The lowest BCUT2D eigenvalue weighted by atomic mass is 10.2. The third kappa shape index (κ3) is 13.5. The van der Waals surface area contributed by atoms with Gasteiger partial charge in [0.25, 0.3) is 0 Å². The van der Waals surface area contributed by atoms with Gasteiger partial charge in [-0.05, 0) is 46.7 Å². The zero-order valence-corrected chi connectivity index (χ0v) is 14.7. The second-order valence-corrected chi connectivity index (χ2v) is 5.49. The topological polar surface area (TPSA) is 18.8 Å². The van der Waals surface area contributed by atoms with Gasteiger partial charge in [0.1, 0.15) is 0 Å². The molecular weight excluding hydrogens is 282 g/mol. The Morgan fingerprint density at radius 2 is 1.48 bits per heavy atom. The summed E-state index contributed by atoms with van der Waals surface area (Å²) < 4.78 is 0. The average molecular weight is 330 g/mol. The van der Waals surface area contributed by atoms with Crippen LogP contribution in [-0.4, -0.2) is 54.3 Å². The number of piperazine rings is 1. The van der Waals surface area contributed by atoms with Crippen LogP contribution in [0.4, 0.5) is 0 Å². The summed E-state index contributed by atoms with van der Waals surface area (Å²) in [7, 11) is 0. The second-order valence-electron chi connectivity index (χ2n) is 5.49. The van der Waals surface area contributed by atoms with Crippen molar-refractivity contribution in [1.29, 1.82) is 0 Å². The molecule has 1 saturated heterocycles. The van der Waals surface area contributed by atoms with E-state index >= 15 is 0 Å². The molecule has 1 rings (SSSR count). The Hall–Kier alpha value is -0.670. The fraction of sp³-hybridized carbons (Fsp3) is 0.850. The van der Waals surface area contributed by atoms with Crippen molar-refractivity contribution in [3.05, 3.63) is 11.8 Å². The lowest BCUT2D eigenvalue weighted by molar-refractivity contribution is 0.117. The van der Waals surface area contributed by atoms with E-state index in [1.165, 1.54) is 39.1 Å². The molecule has 1 heterocycles. The number of hydrogen-bond donors (Lipinski definition) is 0. The maximum absolute atomic E-state index is 4.50. The van der Waals surface area contributed by atoms with Crippen molar-refractivity contribution in [2.45, 2.75) is 83.2 Å². The molecule has 23 heavy (non-hydrogen) atoms. The van der Waals surface area contributed by atoms with Gasteiger partial charge in [0.15, 0.2) is 0 Å². The van der Waals surface area contributed by atoms with Crippen molar-refractivity contribution >= 4 is 5.71 Å². The van der Waals surface area contributed by atoms with Gasteiger partial charge in [-0.15, -0.1) is 0 Å². The monoisotopic (exact) mass is 329 g/mol. The quantitative estimate of drug-likeness (QED) is 0.600. The van der Waals surface area contributed by atoms with Crippen LogP contribution in [0.1, 0.15) is 77.2 Å². The van der Waals surface area contributed by atoms with E-state index in [0.717, 1.165) is 11.4 Å². The maximum Gasteiger partial charge on any atom is 0.0347 e. The molecular formula is C20H47N3. The highest BCUT2D eigenvalue weighted by atomic mass is 15.3. The van der Waals surface area contributed by atoms with Gasteiger partial charge in [-0.1, -0.05) is 43.1 Å². The Balaban J connectivity index is -0.000000347. The third-order valence-electron chi connectivity index (χ3n) is 3.41. The summed E-state index contributed by atoms with van der Waals surface area (Å²) in [6.07, 6.45) is 3.54. The minimum atomic E-state index is 0. The van der Waals surface area contributed by atoms with Crippen LogP contribution in [0, 0.1) is 0 Å². The van der Waals surface area contributed by atoms with Gasteiger partial charge in [0.05, 0.1) is 0 Å². The summed E-state index contributed by atoms with van der Waals surface area (Å²) in [6.45, 7) is 20.7. The molecule has 1 aliphatic heterocycles. The standard InChI is InChI=1S/C15H29N3.C2H6.3CH4/c1-6-7-17-8-10-18(11-9-17)15(5)12-14(4)16-13(2)3;1-2;;;/h12,15H,6-11H2,1-5H3;1-2H3;3*1H4/b14-12-;;;;. The van der Waals surface area contributed by atoms with Crippen LogP contribution in [0.2, 0.25) is 0 Å². The van der Waals surface area contributed by atoms with Gasteiger partial charge in [-0.25, -0.2) is 0 Å². The molecule has 3 nitrogen and oxygen atoms in total. The van der Waals surface area contributed by atoms with Gasteiger partial charge in [0.2, 0.25) is 0 Å². The van der Waals surface area contributed by atoms with Crippen LogP contribution in [-0.2, 0) is 0 Å². The minimum absolute atomic E-state index is 0. The molecule has 1 atom stereocenters. The van der Waals surface area contributed by atoms with Crippen molar-refractivity contribution in [3.63, 3.8) is 0 Å². The summed E-state index contributed by atoms with van der Waals surface area (Å²) in [5.74, 6) is 0. The van der Waals surface area contributed by atoms with Crippen LogP contribution < -0.4 is 0 Å². The van der Waals surface area contributed by atoms with Gasteiger partial charge < -0.3 is 4.90 Å². The predicted molar refractivity (Wildman–Crippen MR) is 112 cm³/mol. The minimum Gasteiger partial charge on any atom is -0.301 e. The highest BCUT2D eigenvalue weighted by Crippen LogP contribution is 2.10. The van der Waals surface area contributed by atoms with Gasteiger partial charge in [-0.3, -0.25) is 9.89 Å². The fourth-order valence-corrected chi connectivity index (χ4v) is 2.55. The summed E-state index contributed by atoms with van der Waals surface area (Å²) in [5.41, 5.74) is 2.27. The number of allylic oxidation sites excluding steroid dienone is 1. The van der Waals surface area contributed by atoms with E-state index in [4.69, 9.17) is 0 Å². The van der Waals surface area contributed by atoms with Crippen LogP contribution in [0.25, 0.3) is 0 Å². The van der Waals surface area contributed by atoms with Gasteiger partial charge >= 0.3 is 0 Å². The molecule has 1 fully saturated rings. The molecule has 142 valence electrons. The molecule has 0 saturated carbocycles. The van der Waals surface area contributed by atoms with Crippen LogP contribution >= 0.6 is 0 Å². The van der Waals surface area contributed by atoms with Crippen molar-refractivity contribution in [1.82, 2.24) is 9.80 Å². The number of aliphatic imine (C=N–C) groups is 1. The van der Waals surface area contributed by atoms with Crippen molar-refractivity contribution in [2.75, 3.05) is 32.7 Å². The Kier molecular flexibility index (Phi) is 23.2. The Bertz CT molecular complexity index is 296. The van der Waals surface area contributed by atoms with E-state index < -0.39 is 0 Å². The highest BCUT2D eigenvalue weighted by Gasteiger charge is 2.19. The maximum atomic E-state index is 4.50. The van der Waals surface area contributed by atoms with Crippen LogP contribution in [0.15, 0.2) is 16.8 Å². The molecule has 3 heteroatoms. The van der Waals surface area contributed by atoms with E-state index in [0.29, 0.717) is 6.04 Å². The van der Waals surface area contributed by atoms with E-state index in [1.807, 2.05) is 27.7 Å². The number of rotatable bonds is 5. The molecule has 0 bridgehead atoms. The molecule has 1 aliphatic rings. The van der Waals surface area contributed by atoms with Crippen LogP contribution in [0.3, 0.4) is 0 Å². The number of hydrogen-bond acceptors (Lipinski definition) is 3. The average Bonchev–Trinajstić information content (AvgIpc) is 2.41. The predicted octanol–water partition coefficient (Wildman–Crippen LogP) is 5.72. The summed E-state index contributed by atoms with van der Waals surface area (Å²) in [4.78, 5) is 9.61. The molecule has 0 N–H and O–H groups in total. The first-order chi connectivity index (χ1) is 9.52. The molecule has 0 aromatic rings.